The van der Waals surface area contributed by atoms with Crippen molar-refractivity contribution in [3.05, 3.63) is 35.4 Å². The van der Waals surface area contributed by atoms with Crippen LogP contribution in [0.3, 0.4) is 0 Å². The third-order valence-corrected chi connectivity index (χ3v) is 8.47. The summed E-state index contributed by atoms with van der Waals surface area (Å²) in [6, 6.07) is 8.07. The van der Waals surface area contributed by atoms with Crippen LogP contribution in [0, 0.1) is 23.7 Å². The summed E-state index contributed by atoms with van der Waals surface area (Å²) in [6.07, 6.45) is 23.0. The molecular formula is C30H48O2. The largest absolute Gasteiger partial charge is 0.462 e. The summed E-state index contributed by atoms with van der Waals surface area (Å²) in [4.78, 5) is 11.8. The lowest BCUT2D eigenvalue weighted by atomic mass is 9.68. The average molecular weight is 441 g/mol. The van der Waals surface area contributed by atoms with Gasteiger partial charge in [0.15, 0.2) is 0 Å². The molecule has 0 unspecified atom stereocenters. The zero-order valence-corrected chi connectivity index (χ0v) is 21.0. The van der Waals surface area contributed by atoms with Crippen molar-refractivity contribution in [2.45, 2.75) is 117 Å². The monoisotopic (exact) mass is 440 g/mol. The first-order valence-corrected chi connectivity index (χ1v) is 14.0. The van der Waals surface area contributed by atoms with Crippen LogP contribution >= 0.6 is 0 Å². The molecule has 0 bridgehead atoms. The summed E-state index contributed by atoms with van der Waals surface area (Å²) in [5, 5.41) is 0. The summed E-state index contributed by atoms with van der Waals surface area (Å²) >= 11 is 0. The Labute approximate surface area is 197 Å². The molecule has 0 aromatic heterocycles. The van der Waals surface area contributed by atoms with Gasteiger partial charge in [-0.25, -0.2) is 4.79 Å². The molecule has 0 heterocycles. The highest BCUT2D eigenvalue weighted by Gasteiger charge is 2.30. The van der Waals surface area contributed by atoms with Gasteiger partial charge in [-0.05, 0) is 86.8 Å². The molecule has 2 aliphatic carbocycles. The quantitative estimate of drug-likeness (QED) is 0.240. The third-order valence-electron chi connectivity index (χ3n) is 8.47. The first-order valence-electron chi connectivity index (χ1n) is 14.0. The third kappa shape index (κ3) is 8.23. The Kier molecular flexibility index (Phi) is 11.1. The van der Waals surface area contributed by atoms with E-state index in [0.717, 1.165) is 30.1 Å². The maximum absolute atomic E-state index is 11.8. The molecule has 0 radical (unpaired) electrons. The van der Waals surface area contributed by atoms with Gasteiger partial charge in [-0.15, -0.1) is 0 Å². The van der Waals surface area contributed by atoms with E-state index in [1.54, 1.807) is 0 Å². The SMILES string of the molecule is CCCCCCC[C@H]1CC[C@H](C2CCC(CCc3ccc(C(=O)OCC)cc3)CC2)CC1. The topological polar surface area (TPSA) is 26.3 Å². The maximum atomic E-state index is 11.8. The predicted octanol–water partition coefficient (Wildman–Crippen LogP) is 8.77. The van der Waals surface area contributed by atoms with Crippen LogP contribution in [0.5, 0.6) is 0 Å². The number of carbonyl (C=O) groups excluding carboxylic acids is 1. The minimum atomic E-state index is -0.210. The van der Waals surface area contributed by atoms with E-state index in [2.05, 4.69) is 19.1 Å². The zero-order chi connectivity index (χ0) is 22.6. The van der Waals surface area contributed by atoms with Gasteiger partial charge in [0.1, 0.15) is 0 Å². The van der Waals surface area contributed by atoms with Crippen LogP contribution < -0.4 is 0 Å². The van der Waals surface area contributed by atoms with E-state index in [9.17, 15) is 4.79 Å². The minimum absolute atomic E-state index is 0.210. The second-order valence-electron chi connectivity index (χ2n) is 10.7. The summed E-state index contributed by atoms with van der Waals surface area (Å²) < 4.78 is 5.08. The molecule has 2 fully saturated rings. The van der Waals surface area contributed by atoms with Crippen molar-refractivity contribution in [1.82, 2.24) is 0 Å². The molecule has 0 saturated heterocycles. The number of rotatable bonds is 12. The van der Waals surface area contributed by atoms with Crippen molar-refractivity contribution < 1.29 is 9.53 Å². The Bertz CT molecular complexity index is 633. The standard InChI is InChI=1S/C30H48O2/c1-3-5-6-7-8-9-24-12-18-27(19-13-24)28-20-14-25(15-21-28)10-11-26-16-22-29(23-17-26)30(31)32-4-2/h16-17,22-25,27-28H,3-15,18-21H2,1-2H3/t24-,25?,27-,28?. The van der Waals surface area contributed by atoms with E-state index in [1.165, 1.54) is 102 Å². The van der Waals surface area contributed by atoms with Crippen LogP contribution in [0.15, 0.2) is 24.3 Å². The average Bonchev–Trinajstić information content (AvgIpc) is 2.84. The lowest BCUT2D eigenvalue weighted by Gasteiger charge is -2.38. The van der Waals surface area contributed by atoms with Crippen molar-refractivity contribution in [2.24, 2.45) is 23.7 Å². The Morgan fingerprint density at radius 3 is 1.88 bits per heavy atom. The van der Waals surface area contributed by atoms with Gasteiger partial charge in [-0.3, -0.25) is 0 Å². The number of hydrogen-bond acceptors (Lipinski definition) is 2. The van der Waals surface area contributed by atoms with Crippen molar-refractivity contribution in [3.8, 4) is 0 Å². The van der Waals surface area contributed by atoms with Crippen LogP contribution in [0.2, 0.25) is 0 Å². The molecule has 0 atom stereocenters. The lowest BCUT2D eigenvalue weighted by molar-refractivity contribution is 0.0526. The van der Waals surface area contributed by atoms with Crippen molar-refractivity contribution in [1.29, 1.82) is 0 Å². The van der Waals surface area contributed by atoms with Crippen LogP contribution in [0.4, 0.5) is 0 Å². The molecule has 2 heteroatoms. The molecule has 2 aliphatic rings. The van der Waals surface area contributed by atoms with Gasteiger partial charge in [0.2, 0.25) is 0 Å². The van der Waals surface area contributed by atoms with E-state index >= 15 is 0 Å². The number of esters is 1. The molecule has 1 aromatic rings. The van der Waals surface area contributed by atoms with E-state index in [0.29, 0.717) is 12.2 Å². The molecule has 2 saturated carbocycles. The molecule has 1 aromatic carbocycles. The molecule has 2 nitrogen and oxygen atoms in total. The van der Waals surface area contributed by atoms with Crippen LogP contribution in [-0.2, 0) is 11.2 Å². The highest BCUT2D eigenvalue weighted by atomic mass is 16.5. The van der Waals surface area contributed by atoms with Gasteiger partial charge in [0.05, 0.1) is 12.2 Å². The fraction of sp³-hybridized carbons (Fsp3) is 0.767. The van der Waals surface area contributed by atoms with Gasteiger partial charge in [-0.1, -0.05) is 83.3 Å². The number of aryl methyl sites for hydroxylation is 1. The van der Waals surface area contributed by atoms with E-state index in [4.69, 9.17) is 4.74 Å². The second kappa shape index (κ2) is 14.1. The number of unbranched alkanes of at least 4 members (excludes halogenated alkanes) is 4. The van der Waals surface area contributed by atoms with E-state index in [1.807, 2.05) is 19.1 Å². The minimum Gasteiger partial charge on any atom is -0.462 e. The van der Waals surface area contributed by atoms with E-state index in [-0.39, 0.29) is 5.97 Å². The first-order chi connectivity index (χ1) is 15.7. The Balaban J connectivity index is 1.29. The van der Waals surface area contributed by atoms with Gasteiger partial charge in [-0.2, -0.15) is 0 Å². The van der Waals surface area contributed by atoms with Gasteiger partial charge in [0, 0.05) is 0 Å². The Morgan fingerprint density at radius 1 is 0.750 bits per heavy atom. The second-order valence-corrected chi connectivity index (χ2v) is 10.7. The summed E-state index contributed by atoms with van der Waals surface area (Å²) in [6.45, 7) is 4.59. The number of ether oxygens (including phenoxy) is 1. The van der Waals surface area contributed by atoms with Gasteiger partial charge >= 0.3 is 5.97 Å². The lowest BCUT2D eigenvalue weighted by Crippen LogP contribution is -2.26. The van der Waals surface area contributed by atoms with Crippen molar-refractivity contribution in [3.63, 3.8) is 0 Å². The van der Waals surface area contributed by atoms with Crippen LogP contribution in [0.25, 0.3) is 0 Å². The molecule has 0 aliphatic heterocycles. The smallest absolute Gasteiger partial charge is 0.338 e. The molecular weight excluding hydrogens is 392 g/mol. The zero-order valence-electron chi connectivity index (χ0n) is 21.0. The molecule has 0 N–H and O–H groups in total. The van der Waals surface area contributed by atoms with Crippen molar-refractivity contribution >= 4 is 5.97 Å². The van der Waals surface area contributed by atoms with Crippen LogP contribution in [-0.4, -0.2) is 12.6 Å². The fourth-order valence-corrected chi connectivity index (χ4v) is 6.33. The molecule has 3 rings (SSSR count). The molecule has 32 heavy (non-hydrogen) atoms. The number of carbonyl (C=O) groups is 1. The highest BCUT2D eigenvalue weighted by Crippen LogP contribution is 2.43. The van der Waals surface area contributed by atoms with Gasteiger partial charge in [0.25, 0.3) is 0 Å². The Hall–Kier alpha value is -1.31. The van der Waals surface area contributed by atoms with Crippen molar-refractivity contribution in [2.75, 3.05) is 6.61 Å². The number of hydrogen-bond donors (Lipinski definition) is 0. The summed E-state index contributed by atoms with van der Waals surface area (Å²) in [7, 11) is 0. The van der Waals surface area contributed by atoms with Crippen LogP contribution in [0.1, 0.15) is 126 Å². The number of benzene rings is 1. The first kappa shape index (κ1) is 25.3. The Morgan fingerprint density at radius 2 is 1.31 bits per heavy atom. The predicted molar refractivity (Wildman–Crippen MR) is 135 cm³/mol. The van der Waals surface area contributed by atoms with E-state index < -0.39 is 0 Å². The molecule has 0 amide bonds. The molecule has 180 valence electrons. The summed E-state index contributed by atoms with van der Waals surface area (Å²) in [5.41, 5.74) is 2.02. The summed E-state index contributed by atoms with van der Waals surface area (Å²) in [5.74, 6) is 3.77. The fourth-order valence-electron chi connectivity index (χ4n) is 6.33. The normalized spacial score (nSPS) is 26.1. The highest BCUT2D eigenvalue weighted by molar-refractivity contribution is 5.89. The maximum Gasteiger partial charge on any atom is 0.338 e. The molecule has 0 spiro atoms. The van der Waals surface area contributed by atoms with Gasteiger partial charge < -0.3 is 4.74 Å².